The van der Waals surface area contributed by atoms with E-state index >= 15 is 0 Å². The molecular formula is C17H34O4Si2. The van der Waals surface area contributed by atoms with E-state index in [1.54, 1.807) is 0 Å². The van der Waals surface area contributed by atoms with Gasteiger partial charge in [-0.1, -0.05) is 0 Å². The van der Waals surface area contributed by atoms with E-state index in [0.29, 0.717) is 23.9 Å². The highest BCUT2D eigenvalue weighted by Crippen LogP contribution is 2.55. The van der Waals surface area contributed by atoms with Gasteiger partial charge in [0.15, 0.2) is 22.4 Å². The largest absolute Gasteiger partial charge is 0.417 e. The van der Waals surface area contributed by atoms with Crippen molar-refractivity contribution in [3.05, 3.63) is 0 Å². The van der Waals surface area contributed by atoms with Crippen molar-refractivity contribution in [3.8, 4) is 0 Å². The topological polar surface area (TPSA) is 36.9 Å². The maximum Gasteiger partial charge on any atom is 0.184 e. The van der Waals surface area contributed by atoms with Crippen LogP contribution in [0.3, 0.4) is 0 Å². The van der Waals surface area contributed by atoms with E-state index in [4.69, 9.17) is 18.3 Å². The minimum Gasteiger partial charge on any atom is -0.417 e. The lowest BCUT2D eigenvalue weighted by Crippen LogP contribution is -2.40. The Morgan fingerprint density at radius 1 is 0.957 bits per heavy atom. The summed E-state index contributed by atoms with van der Waals surface area (Å²) >= 11 is 0. The molecule has 3 fully saturated rings. The second kappa shape index (κ2) is 6.21. The van der Waals surface area contributed by atoms with Gasteiger partial charge >= 0.3 is 0 Å². The summed E-state index contributed by atoms with van der Waals surface area (Å²) < 4.78 is 24.8. The van der Waals surface area contributed by atoms with E-state index in [-0.39, 0.29) is 5.79 Å². The third kappa shape index (κ3) is 4.28. The lowest BCUT2D eigenvalue weighted by Gasteiger charge is -2.33. The molecule has 0 aromatic rings. The monoisotopic (exact) mass is 358 g/mol. The van der Waals surface area contributed by atoms with Crippen LogP contribution >= 0.6 is 0 Å². The predicted octanol–water partition coefficient (Wildman–Crippen LogP) is 3.85. The van der Waals surface area contributed by atoms with Crippen LogP contribution in [0.1, 0.15) is 19.3 Å². The van der Waals surface area contributed by atoms with Crippen LogP contribution in [-0.4, -0.2) is 48.3 Å². The van der Waals surface area contributed by atoms with Crippen molar-refractivity contribution in [2.24, 2.45) is 17.8 Å². The first-order chi connectivity index (χ1) is 10.6. The molecule has 3 aliphatic rings. The Morgan fingerprint density at radius 2 is 1.61 bits per heavy atom. The Kier molecular flexibility index (Phi) is 4.88. The molecule has 134 valence electrons. The van der Waals surface area contributed by atoms with Gasteiger partial charge in [0.25, 0.3) is 0 Å². The van der Waals surface area contributed by atoms with Gasteiger partial charge in [0.2, 0.25) is 0 Å². The molecule has 0 N–H and O–H groups in total. The van der Waals surface area contributed by atoms with Crippen LogP contribution in [0, 0.1) is 17.8 Å². The maximum atomic E-state index is 6.56. The summed E-state index contributed by atoms with van der Waals surface area (Å²) in [5, 5.41) is 0. The van der Waals surface area contributed by atoms with Crippen LogP contribution in [0.2, 0.25) is 39.3 Å². The molecule has 4 atom stereocenters. The second-order valence-corrected chi connectivity index (χ2v) is 18.5. The molecule has 3 rings (SSSR count). The fourth-order valence-electron chi connectivity index (χ4n) is 4.57. The van der Waals surface area contributed by atoms with Crippen LogP contribution in [-0.2, 0) is 18.3 Å². The molecule has 2 aliphatic carbocycles. The Morgan fingerprint density at radius 3 is 2.17 bits per heavy atom. The van der Waals surface area contributed by atoms with Crippen molar-refractivity contribution in [1.82, 2.24) is 0 Å². The van der Waals surface area contributed by atoms with E-state index in [1.807, 2.05) is 0 Å². The third-order valence-electron chi connectivity index (χ3n) is 5.32. The molecule has 0 bridgehead atoms. The number of hydrogen-bond acceptors (Lipinski definition) is 4. The molecule has 0 unspecified atom stereocenters. The molecule has 0 amide bonds. The molecule has 0 aromatic heterocycles. The average molecular weight is 359 g/mol. The van der Waals surface area contributed by atoms with Crippen LogP contribution in [0.25, 0.3) is 0 Å². The van der Waals surface area contributed by atoms with Crippen LogP contribution < -0.4 is 0 Å². The van der Waals surface area contributed by atoms with E-state index in [9.17, 15) is 0 Å². The van der Waals surface area contributed by atoms with Crippen molar-refractivity contribution < 1.29 is 18.3 Å². The van der Waals surface area contributed by atoms with Crippen LogP contribution in [0.15, 0.2) is 0 Å². The standard InChI is InChI=1S/C17H34O4Si2/c1-22(2,3)20-12-15-14-11-17(18-7-8-19-17)10-13(14)9-16(15)21-23(4,5)6/h13-16H,7-12H2,1-6H3/t13-,14+,15-,16-/m1/s1. The molecule has 1 aliphatic heterocycles. The zero-order valence-corrected chi connectivity index (χ0v) is 17.7. The smallest absolute Gasteiger partial charge is 0.184 e. The number of ether oxygens (including phenoxy) is 2. The second-order valence-electron chi connectivity index (χ2n) is 9.53. The third-order valence-corrected chi connectivity index (χ3v) is 7.36. The van der Waals surface area contributed by atoms with Gasteiger partial charge in [-0.15, -0.1) is 0 Å². The molecule has 1 saturated heterocycles. The van der Waals surface area contributed by atoms with Gasteiger partial charge in [0.1, 0.15) is 0 Å². The first-order valence-electron chi connectivity index (χ1n) is 9.17. The number of hydrogen-bond donors (Lipinski definition) is 0. The predicted molar refractivity (Wildman–Crippen MR) is 96.5 cm³/mol. The summed E-state index contributed by atoms with van der Waals surface area (Å²) in [6, 6.07) is 0. The number of rotatable bonds is 5. The van der Waals surface area contributed by atoms with E-state index in [0.717, 1.165) is 39.1 Å². The molecule has 6 heteroatoms. The van der Waals surface area contributed by atoms with Gasteiger partial charge in [-0.2, -0.15) is 0 Å². The number of fused-ring (bicyclic) bond motifs is 1. The SMILES string of the molecule is C[Si](C)(C)OC[C@@H]1[C@H]2CC3(C[C@H]2C[C@H]1O[Si](C)(C)C)OCCO3. The van der Waals surface area contributed by atoms with Gasteiger partial charge in [0.05, 0.1) is 19.3 Å². The zero-order valence-electron chi connectivity index (χ0n) is 15.7. The van der Waals surface area contributed by atoms with Crippen LogP contribution in [0.4, 0.5) is 0 Å². The molecular weight excluding hydrogens is 324 g/mol. The van der Waals surface area contributed by atoms with Gasteiger partial charge in [-0.25, -0.2) is 0 Å². The zero-order chi connectivity index (χ0) is 16.9. The van der Waals surface area contributed by atoms with E-state index in [1.165, 1.54) is 0 Å². The summed E-state index contributed by atoms with van der Waals surface area (Å²) in [5.74, 6) is 1.53. The summed E-state index contributed by atoms with van der Waals surface area (Å²) in [6.45, 7) is 16.1. The molecule has 23 heavy (non-hydrogen) atoms. The Labute approximate surface area is 143 Å². The van der Waals surface area contributed by atoms with Gasteiger partial charge in [-0.05, 0) is 57.5 Å². The lowest BCUT2D eigenvalue weighted by atomic mass is 9.92. The Bertz CT molecular complexity index is 423. The van der Waals surface area contributed by atoms with E-state index < -0.39 is 16.6 Å². The van der Waals surface area contributed by atoms with Crippen molar-refractivity contribution in [2.45, 2.75) is 70.4 Å². The van der Waals surface area contributed by atoms with Crippen molar-refractivity contribution >= 4 is 16.6 Å². The van der Waals surface area contributed by atoms with Crippen LogP contribution in [0.5, 0.6) is 0 Å². The molecule has 1 spiro atoms. The summed E-state index contributed by atoms with van der Waals surface area (Å²) in [4.78, 5) is 0. The first-order valence-corrected chi connectivity index (χ1v) is 16.0. The van der Waals surface area contributed by atoms with E-state index in [2.05, 4.69) is 39.3 Å². The highest BCUT2D eigenvalue weighted by atomic mass is 28.4. The first kappa shape index (κ1) is 18.1. The normalized spacial score (nSPS) is 36.8. The van der Waals surface area contributed by atoms with Gasteiger partial charge in [0, 0.05) is 25.4 Å². The Balaban J connectivity index is 1.71. The maximum absolute atomic E-state index is 6.56. The van der Waals surface area contributed by atoms with Gasteiger partial charge in [-0.3, -0.25) is 0 Å². The highest BCUT2D eigenvalue weighted by molar-refractivity contribution is 6.70. The van der Waals surface area contributed by atoms with Crippen molar-refractivity contribution in [2.75, 3.05) is 19.8 Å². The summed E-state index contributed by atoms with van der Waals surface area (Å²) in [5.41, 5.74) is 0. The highest BCUT2D eigenvalue weighted by Gasteiger charge is 2.57. The fraction of sp³-hybridized carbons (Fsp3) is 1.00. The van der Waals surface area contributed by atoms with Gasteiger partial charge < -0.3 is 18.3 Å². The minimum atomic E-state index is -1.53. The Hall–Kier alpha value is 0.274. The molecule has 0 aromatic carbocycles. The molecule has 4 nitrogen and oxygen atoms in total. The fourth-order valence-corrected chi connectivity index (χ4v) is 6.44. The van der Waals surface area contributed by atoms with Crippen molar-refractivity contribution in [3.63, 3.8) is 0 Å². The molecule has 0 radical (unpaired) electrons. The molecule has 2 saturated carbocycles. The molecule has 1 heterocycles. The average Bonchev–Trinajstić information content (AvgIpc) is 3.01. The lowest BCUT2D eigenvalue weighted by molar-refractivity contribution is -0.158. The summed E-state index contributed by atoms with van der Waals surface area (Å²) in [7, 11) is -3.04. The van der Waals surface area contributed by atoms with Crippen molar-refractivity contribution in [1.29, 1.82) is 0 Å². The minimum absolute atomic E-state index is 0.281. The summed E-state index contributed by atoms with van der Waals surface area (Å²) in [6.07, 6.45) is 3.60. The quantitative estimate of drug-likeness (QED) is 0.700.